The molecule has 0 fully saturated rings. The van der Waals surface area contributed by atoms with Gasteiger partial charge in [-0.3, -0.25) is 0 Å². The SMILES string of the molecule is Cc1ccc(NCc2ccc(F)c(C#N)c2)cc1N(C)C. The maximum atomic E-state index is 13.3. The molecule has 0 spiro atoms. The lowest BCUT2D eigenvalue weighted by atomic mass is 10.1. The summed E-state index contributed by atoms with van der Waals surface area (Å²) < 4.78 is 13.3. The molecule has 3 nitrogen and oxygen atoms in total. The zero-order valence-electron chi connectivity index (χ0n) is 12.4. The van der Waals surface area contributed by atoms with E-state index in [2.05, 4.69) is 29.3 Å². The quantitative estimate of drug-likeness (QED) is 0.930. The van der Waals surface area contributed by atoms with Gasteiger partial charge < -0.3 is 10.2 Å². The van der Waals surface area contributed by atoms with E-state index in [1.807, 2.05) is 26.2 Å². The van der Waals surface area contributed by atoms with Crippen molar-refractivity contribution in [3.63, 3.8) is 0 Å². The number of benzene rings is 2. The van der Waals surface area contributed by atoms with Gasteiger partial charge in [0.15, 0.2) is 0 Å². The highest BCUT2D eigenvalue weighted by molar-refractivity contribution is 5.62. The van der Waals surface area contributed by atoms with E-state index in [4.69, 9.17) is 5.26 Å². The molecule has 0 bridgehead atoms. The van der Waals surface area contributed by atoms with Gasteiger partial charge in [-0.05, 0) is 42.3 Å². The van der Waals surface area contributed by atoms with Crippen LogP contribution in [0.4, 0.5) is 15.8 Å². The fourth-order valence-electron chi connectivity index (χ4n) is 2.17. The normalized spacial score (nSPS) is 10.0. The summed E-state index contributed by atoms with van der Waals surface area (Å²) in [5.41, 5.74) is 4.30. The Hall–Kier alpha value is -2.54. The van der Waals surface area contributed by atoms with Crippen LogP contribution in [0.25, 0.3) is 0 Å². The smallest absolute Gasteiger partial charge is 0.140 e. The first-order valence-electron chi connectivity index (χ1n) is 6.71. The highest BCUT2D eigenvalue weighted by Gasteiger charge is 2.04. The lowest BCUT2D eigenvalue weighted by Crippen LogP contribution is -2.11. The Morgan fingerprint density at radius 1 is 1.19 bits per heavy atom. The van der Waals surface area contributed by atoms with Crippen LogP contribution in [-0.2, 0) is 6.54 Å². The Morgan fingerprint density at radius 2 is 1.95 bits per heavy atom. The van der Waals surface area contributed by atoms with Crippen LogP contribution in [-0.4, -0.2) is 14.1 Å². The zero-order chi connectivity index (χ0) is 15.4. The number of nitrogens with one attached hydrogen (secondary N) is 1. The average Bonchev–Trinajstić information content (AvgIpc) is 2.47. The van der Waals surface area contributed by atoms with Gasteiger partial charge in [-0.15, -0.1) is 0 Å². The molecule has 0 aliphatic rings. The van der Waals surface area contributed by atoms with Crippen molar-refractivity contribution in [3.8, 4) is 6.07 Å². The Balaban J connectivity index is 2.13. The first-order chi connectivity index (χ1) is 10.0. The number of rotatable bonds is 4. The fraction of sp³-hybridized carbons (Fsp3) is 0.235. The Bertz CT molecular complexity index is 687. The lowest BCUT2D eigenvalue weighted by Gasteiger charge is -2.17. The van der Waals surface area contributed by atoms with Crippen molar-refractivity contribution in [2.24, 2.45) is 0 Å². The summed E-state index contributed by atoms with van der Waals surface area (Å²) in [5, 5.41) is 12.1. The minimum Gasteiger partial charge on any atom is -0.381 e. The summed E-state index contributed by atoms with van der Waals surface area (Å²) in [4.78, 5) is 2.06. The predicted octanol–water partition coefficient (Wildman–Crippen LogP) is 3.68. The van der Waals surface area contributed by atoms with E-state index in [9.17, 15) is 4.39 Å². The molecule has 4 heteroatoms. The lowest BCUT2D eigenvalue weighted by molar-refractivity contribution is 0.623. The second-order valence-corrected chi connectivity index (χ2v) is 5.18. The fourth-order valence-corrected chi connectivity index (χ4v) is 2.17. The molecule has 108 valence electrons. The summed E-state index contributed by atoms with van der Waals surface area (Å²) in [6.45, 7) is 2.61. The number of hydrogen-bond acceptors (Lipinski definition) is 3. The molecule has 0 aromatic heterocycles. The molecule has 1 N–H and O–H groups in total. The second kappa shape index (κ2) is 6.27. The van der Waals surface area contributed by atoms with E-state index in [-0.39, 0.29) is 5.56 Å². The van der Waals surface area contributed by atoms with E-state index in [0.29, 0.717) is 6.54 Å². The van der Waals surface area contributed by atoms with Crippen molar-refractivity contribution in [3.05, 3.63) is 58.9 Å². The molecule has 21 heavy (non-hydrogen) atoms. The zero-order valence-corrected chi connectivity index (χ0v) is 12.4. The van der Waals surface area contributed by atoms with E-state index in [0.717, 1.165) is 16.9 Å². The molecule has 0 amide bonds. The van der Waals surface area contributed by atoms with Crippen LogP contribution < -0.4 is 10.2 Å². The number of nitriles is 1. The molecule has 0 heterocycles. The molecule has 0 atom stereocenters. The summed E-state index contributed by atoms with van der Waals surface area (Å²) in [6.07, 6.45) is 0. The summed E-state index contributed by atoms with van der Waals surface area (Å²) in [5.74, 6) is -0.480. The minimum atomic E-state index is -0.480. The number of halogens is 1. The highest BCUT2D eigenvalue weighted by Crippen LogP contribution is 2.23. The average molecular weight is 283 g/mol. The van der Waals surface area contributed by atoms with Crippen molar-refractivity contribution >= 4 is 11.4 Å². The Morgan fingerprint density at radius 3 is 2.62 bits per heavy atom. The van der Waals surface area contributed by atoms with Crippen LogP contribution in [0.1, 0.15) is 16.7 Å². The first kappa shape index (κ1) is 14.9. The maximum absolute atomic E-state index is 13.3. The van der Waals surface area contributed by atoms with Gasteiger partial charge in [0.2, 0.25) is 0 Å². The molecular weight excluding hydrogens is 265 g/mol. The van der Waals surface area contributed by atoms with Gasteiger partial charge in [0.05, 0.1) is 5.56 Å². The molecule has 0 saturated heterocycles. The maximum Gasteiger partial charge on any atom is 0.140 e. The molecule has 2 aromatic carbocycles. The van der Waals surface area contributed by atoms with Crippen LogP contribution in [0, 0.1) is 24.1 Å². The first-order valence-corrected chi connectivity index (χ1v) is 6.71. The van der Waals surface area contributed by atoms with Crippen LogP contribution in [0.2, 0.25) is 0 Å². The summed E-state index contributed by atoms with van der Waals surface area (Å²) in [7, 11) is 4.01. The van der Waals surface area contributed by atoms with E-state index >= 15 is 0 Å². The number of aryl methyl sites for hydroxylation is 1. The minimum absolute atomic E-state index is 0.0761. The van der Waals surface area contributed by atoms with Crippen LogP contribution >= 0.6 is 0 Å². The molecule has 0 saturated carbocycles. The monoisotopic (exact) mass is 283 g/mol. The van der Waals surface area contributed by atoms with E-state index in [1.54, 1.807) is 12.1 Å². The van der Waals surface area contributed by atoms with Gasteiger partial charge in [-0.25, -0.2) is 4.39 Å². The largest absolute Gasteiger partial charge is 0.381 e. The molecule has 0 aliphatic heterocycles. The molecule has 0 unspecified atom stereocenters. The van der Waals surface area contributed by atoms with Gasteiger partial charge >= 0.3 is 0 Å². The third-order valence-corrected chi connectivity index (χ3v) is 3.34. The summed E-state index contributed by atoms with van der Waals surface area (Å²) in [6, 6.07) is 12.6. The number of hydrogen-bond donors (Lipinski definition) is 1. The van der Waals surface area contributed by atoms with Gasteiger partial charge in [-0.1, -0.05) is 12.1 Å². The van der Waals surface area contributed by atoms with Crippen molar-refractivity contribution in [1.82, 2.24) is 0 Å². The number of nitrogens with zero attached hydrogens (tertiary/aromatic N) is 2. The Kier molecular flexibility index (Phi) is 4.44. The van der Waals surface area contributed by atoms with Crippen LogP contribution in [0.3, 0.4) is 0 Å². The topological polar surface area (TPSA) is 39.1 Å². The van der Waals surface area contributed by atoms with Gasteiger partial charge in [0.25, 0.3) is 0 Å². The van der Waals surface area contributed by atoms with Crippen molar-refractivity contribution < 1.29 is 4.39 Å². The number of anilines is 2. The van der Waals surface area contributed by atoms with Crippen LogP contribution in [0.5, 0.6) is 0 Å². The molecule has 2 rings (SSSR count). The molecular formula is C17H18FN3. The highest BCUT2D eigenvalue weighted by atomic mass is 19.1. The van der Waals surface area contributed by atoms with Crippen molar-refractivity contribution in [2.75, 3.05) is 24.3 Å². The third-order valence-electron chi connectivity index (χ3n) is 3.34. The molecule has 2 aromatic rings. The van der Waals surface area contributed by atoms with Gasteiger partial charge in [0, 0.05) is 32.0 Å². The van der Waals surface area contributed by atoms with Crippen molar-refractivity contribution in [2.45, 2.75) is 13.5 Å². The Labute approximate surface area is 124 Å². The second-order valence-electron chi connectivity index (χ2n) is 5.18. The van der Waals surface area contributed by atoms with Gasteiger partial charge in [0.1, 0.15) is 11.9 Å². The molecule has 0 aliphatic carbocycles. The summed E-state index contributed by atoms with van der Waals surface area (Å²) >= 11 is 0. The van der Waals surface area contributed by atoms with E-state index < -0.39 is 5.82 Å². The van der Waals surface area contributed by atoms with Gasteiger partial charge in [-0.2, -0.15) is 5.26 Å². The molecule has 0 radical (unpaired) electrons. The predicted molar refractivity (Wildman–Crippen MR) is 83.9 cm³/mol. The van der Waals surface area contributed by atoms with Crippen LogP contribution in [0.15, 0.2) is 36.4 Å². The third kappa shape index (κ3) is 3.51. The van der Waals surface area contributed by atoms with E-state index in [1.165, 1.54) is 11.6 Å². The van der Waals surface area contributed by atoms with Crippen molar-refractivity contribution in [1.29, 1.82) is 5.26 Å². The standard InChI is InChI=1S/C17H18FN3/c1-12-4-6-15(9-17(12)21(2)3)20-11-13-5-7-16(18)14(8-13)10-19/h4-9,20H,11H2,1-3H3.